The third-order valence-corrected chi connectivity index (χ3v) is 4.62. The van der Waals surface area contributed by atoms with Crippen molar-refractivity contribution in [3.8, 4) is 11.3 Å². The Morgan fingerprint density at radius 2 is 1.79 bits per heavy atom. The lowest BCUT2D eigenvalue weighted by Crippen LogP contribution is -2.26. The molecule has 4 nitrogen and oxygen atoms in total. The number of aryl methyl sites for hydroxylation is 1. The van der Waals surface area contributed by atoms with Crippen molar-refractivity contribution in [1.82, 2.24) is 10.3 Å². The zero-order valence-electron chi connectivity index (χ0n) is 15.5. The van der Waals surface area contributed by atoms with Crippen LogP contribution >= 0.6 is 11.6 Å². The van der Waals surface area contributed by atoms with Gasteiger partial charge >= 0.3 is 6.18 Å². The van der Waals surface area contributed by atoms with E-state index in [1.807, 2.05) is 12.1 Å². The topological polar surface area (TPSA) is 55.1 Å². The minimum atomic E-state index is -4.38. The average Bonchev–Trinajstić information content (AvgIpc) is 3.15. The highest BCUT2D eigenvalue weighted by Crippen LogP contribution is 2.30. The molecule has 0 aliphatic rings. The van der Waals surface area contributed by atoms with Crippen LogP contribution in [-0.2, 0) is 17.4 Å². The van der Waals surface area contributed by atoms with Crippen LogP contribution in [-0.4, -0.2) is 10.9 Å². The van der Waals surface area contributed by atoms with Gasteiger partial charge in [0, 0.05) is 23.4 Å². The van der Waals surface area contributed by atoms with Crippen molar-refractivity contribution in [3.05, 3.63) is 76.8 Å². The summed E-state index contributed by atoms with van der Waals surface area (Å²) in [5, 5.41) is 3.38. The van der Waals surface area contributed by atoms with Gasteiger partial charge in [-0.15, -0.1) is 0 Å². The molecule has 0 aliphatic carbocycles. The fourth-order valence-corrected chi connectivity index (χ4v) is 2.88. The molecule has 3 rings (SSSR count). The van der Waals surface area contributed by atoms with Crippen LogP contribution in [0.4, 0.5) is 13.2 Å². The standard InChI is InChI=1S/C21H18ClF3N2O2/c1-13(14-2-6-16(7-3-14)21(23,24)25)27-19(28)10-11-20-26-12-18(29-20)15-4-8-17(22)9-5-15/h2-9,12-13H,10-11H2,1H3,(H,27,28). The van der Waals surface area contributed by atoms with E-state index in [0.29, 0.717) is 28.7 Å². The number of alkyl halides is 3. The Morgan fingerprint density at radius 3 is 2.41 bits per heavy atom. The van der Waals surface area contributed by atoms with Crippen molar-refractivity contribution in [2.75, 3.05) is 0 Å². The number of aromatic nitrogens is 1. The molecule has 0 aliphatic heterocycles. The number of nitrogens with zero attached hydrogens (tertiary/aromatic N) is 1. The number of carbonyl (C=O) groups excluding carboxylic acids is 1. The summed E-state index contributed by atoms with van der Waals surface area (Å²) in [5.74, 6) is 0.756. The van der Waals surface area contributed by atoms with Crippen LogP contribution < -0.4 is 5.32 Å². The van der Waals surface area contributed by atoms with Crippen LogP contribution in [0, 0.1) is 0 Å². The van der Waals surface area contributed by atoms with Crippen LogP contribution in [0.5, 0.6) is 0 Å². The molecule has 0 saturated carbocycles. The molecule has 1 amide bonds. The van der Waals surface area contributed by atoms with Crippen molar-refractivity contribution in [2.45, 2.75) is 32.0 Å². The van der Waals surface area contributed by atoms with Gasteiger partial charge in [0.05, 0.1) is 17.8 Å². The van der Waals surface area contributed by atoms with Crippen LogP contribution in [0.2, 0.25) is 5.02 Å². The highest BCUT2D eigenvalue weighted by atomic mass is 35.5. The van der Waals surface area contributed by atoms with E-state index in [1.165, 1.54) is 12.1 Å². The highest BCUT2D eigenvalue weighted by Gasteiger charge is 2.30. The monoisotopic (exact) mass is 422 g/mol. The Bertz CT molecular complexity index is 967. The van der Waals surface area contributed by atoms with E-state index in [1.54, 1.807) is 25.3 Å². The van der Waals surface area contributed by atoms with E-state index in [4.69, 9.17) is 16.0 Å². The minimum absolute atomic E-state index is 0.144. The van der Waals surface area contributed by atoms with E-state index in [-0.39, 0.29) is 12.3 Å². The van der Waals surface area contributed by atoms with Gasteiger partial charge < -0.3 is 9.73 Å². The Kier molecular flexibility index (Phi) is 6.27. The fourth-order valence-electron chi connectivity index (χ4n) is 2.75. The molecular formula is C21H18ClF3N2O2. The Labute approximate surface area is 170 Å². The summed E-state index contributed by atoms with van der Waals surface area (Å²) >= 11 is 5.86. The van der Waals surface area contributed by atoms with E-state index in [0.717, 1.165) is 17.7 Å². The van der Waals surface area contributed by atoms with E-state index < -0.39 is 17.8 Å². The number of carbonyl (C=O) groups is 1. The van der Waals surface area contributed by atoms with Gasteiger partial charge in [0.2, 0.25) is 5.91 Å². The number of halogens is 4. The zero-order chi connectivity index (χ0) is 21.0. The number of nitrogens with one attached hydrogen (secondary N) is 1. The maximum absolute atomic E-state index is 12.6. The normalized spacial score (nSPS) is 12.6. The number of hydrogen-bond acceptors (Lipinski definition) is 3. The number of oxazole rings is 1. The molecule has 0 spiro atoms. The lowest BCUT2D eigenvalue weighted by Gasteiger charge is -2.15. The molecular weight excluding hydrogens is 405 g/mol. The van der Waals surface area contributed by atoms with Crippen LogP contribution in [0.1, 0.15) is 36.4 Å². The summed E-state index contributed by atoms with van der Waals surface area (Å²) in [6.07, 6.45) is -2.35. The molecule has 8 heteroatoms. The fraction of sp³-hybridized carbons (Fsp3) is 0.238. The Hall–Kier alpha value is -2.80. The van der Waals surface area contributed by atoms with Crippen molar-refractivity contribution < 1.29 is 22.4 Å². The number of rotatable bonds is 6. The van der Waals surface area contributed by atoms with E-state index >= 15 is 0 Å². The molecule has 1 N–H and O–H groups in total. The minimum Gasteiger partial charge on any atom is -0.441 e. The summed E-state index contributed by atoms with van der Waals surface area (Å²) in [4.78, 5) is 16.3. The third kappa shape index (κ3) is 5.60. The van der Waals surface area contributed by atoms with Crippen molar-refractivity contribution in [1.29, 1.82) is 0 Å². The number of amides is 1. The molecule has 0 radical (unpaired) electrons. The summed E-state index contributed by atoms with van der Waals surface area (Å²) in [6.45, 7) is 1.71. The molecule has 1 atom stereocenters. The molecule has 1 heterocycles. The Morgan fingerprint density at radius 1 is 1.14 bits per heavy atom. The van der Waals surface area contributed by atoms with Gasteiger partial charge in [-0.1, -0.05) is 23.7 Å². The predicted octanol–water partition coefficient (Wildman–Crippen LogP) is 5.82. The van der Waals surface area contributed by atoms with E-state index in [2.05, 4.69) is 10.3 Å². The zero-order valence-corrected chi connectivity index (χ0v) is 16.2. The van der Waals surface area contributed by atoms with Crippen molar-refractivity contribution in [3.63, 3.8) is 0 Å². The molecule has 0 fully saturated rings. The SMILES string of the molecule is CC(NC(=O)CCc1ncc(-c2ccc(Cl)cc2)o1)c1ccc(C(F)(F)F)cc1. The highest BCUT2D eigenvalue weighted by molar-refractivity contribution is 6.30. The molecule has 152 valence electrons. The van der Waals surface area contributed by atoms with Crippen molar-refractivity contribution in [2.24, 2.45) is 0 Å². The second-order valence-corrected chi connectivity index (χ2v) is 6.97. The van der Waals surface area contributed by atoms with Gasteiger partial charge in [0.15, 0.2) is 11.7 Å². The van der Waals surface area contributed by atoms with Crippen LogP contribution in [0.15, 0.2) is 59.1 Å². The van der Waals surface area contributed by atoms with Gasteiger partial charge in [-0.05, 0) is 48.9 Å². The smallest absolute Gasteiger partial charge is 0.416 e. The van der Waals surface area contributed by atoms with Gasteiger partial charge in [-0.3, -0.25) is 4.79 Å². The largest absolute Gasteiger partial charge is 0.441 e. The third-order valence-electron chi connectivity index (χ3n) is 4.36. The van der Waals surface area contributed by atoms with Crippen molar-refractivity contribution >= 4 is 17.5 Å². The molecule has 1 aromatic heterocycles. The van der Waals surface area contributed by atoms with Gasteiger partial charge in [0.25, 0.3) is 0 Å². The second-order valence-electron chi connectivity index (χ2n) is 6.53. The average molecular weight is 423 g/mol. The Balaban J connectivity index is 1.53. The van der Waals surface area contributed by atoms with Gasteiger partial charge in [-0.2, -0.15) is 13.2 Å². The first-order chi connectivity index (χ1) is 13.7. The number of benzene rings is 2. The molecule has 2 aromatic carbocycles. The first kappa shape index (κ1) is 20.9. The quantitative estimate of drug-likeness (QED) is 0.544. The lowest BCUT2D eigenvalue weighted by molar-refractivity contribution is -0.137. The summed E-state index contributed by atoms with van der Waals surface area (Å²) in [7, 11) is 0. The molecule has 3 aromatic rings. The summed E-state index contributed by atoms with van der Waals surface area (Å²) in [5.41, 5.74) is 0.696. The first-order valence-electron chi connectivity index (χ1n) is 8.89. The molecule has 0 bridgehead atoms. The molecule has 29 heavy (non-hydrogen) atoms. The van der Waals surface area contributed by atoms with Crippen LogP contribution in [0.25, 0.3) is 11.3 Å². The maximum Gasteiger partial charge on any atom is 0.416 e. The van der Waals surface area contributed by atoms with Gasteiger partial charge in [0.1, 0.15) is 0 Å². The van der Waals surface area contributed by atoms with Crippen LogP contribution in [0.3, 0.4) is 0 Å². The molecule has 0 saturated heterocycles. The summed E-state index contributed by atoms with van der Waals surface area (Å²) in [6, 6.07) is 11.4. The van der Waals surface area contributed by atoms with Gasteiger partial charge in [-0.25, -0.2) is 4.98 Å². The summed E-state index contributed by atoms with van der Waals surface area (Å²) < 4.78 is 43.5. The molecule has 1 unspecified atom stereocenters. The first-order valence-corrected chi connectivity index (χ1v) is 9.27. The van der Waals surface area contributed by atoms with E-state index in [9.17, 15) is 18.0 Å². The predicted molar refractivity (Wildman–Crippen MR) is 103 cm³/mol. The number of hydrogen-bond donors (Lipinski definition) is 1. The maximum atomic E-state index is 12.6. The lowest BCUT2D eigenvalue weighted by atomic mass is 10.1. The second kappa shape index (κ2) is 8.69.